The van der Waals surface area contributed by atoms with Crippen molar-refractivity contribution >= 4 is 12.0 Å². The molecule has 0 amide bonds. The molecule has 1 aliphatic heterocycles. The zero-order valence-corrected chi connectivity index (χ0v) is 17.8. The molecule has 0 bridgehead atoms. The molecule has 0 atom stereocenters. The third-order valence-corrected chi connectivity index (χ3v) is 3.46. The topological polar surface area (TPSA) is 94.2 Å². The Morgan fingerprint density at radius 1 is 1.10 bits per heavy atom. The number of pyridine rings is 1. The third kappa shape index (κ3) is 5.56. The molecular formula is C18H9F4IrN8. The van der Waals surface area contributed by atoms with Crippen molar-refractivity contribution < 1.29 is 37.7 Å². The number of hydrazone groups is 1. The van der Waals surface area contributed by atoms with E-state index in [0.29, 0.717) is 0 Å². The van der Waals surface area contributed by atoms with Gasteiger partial charge in [-0.3, -0.25) is 27.5 Å². The van der Waals surface area contributed by atoms with Gasteiger partial charge in [0.25, 0.3) is 0 Å². The Hall–Kier alpha value is -3.49. The Morgan fingerprint density at radius 3 is 2.39 bits per heavy atom. The second-order valence-electron chi connectivity index (χ2n) is 5.49. The fraction of sp³-hybridized carbons (Fsp3) is 0.0556. The van der Waals surface area contributed by atoms with Crippen LogP contribution in [0.15, 0.2) is 29.9 Å². The van der Waals surface area contributed by atoms with E-state index in [1.165, 1.54) is 36.7 Å². The first-order chi connectivity index (χ1) is 14.4. The number of aromatic nitrogens is 4. The minimum absolute atomic E-state index is 0. The second-order valence-corrected chi connectivity index (χ2v) is 5.49. The average molecular weight is 606 g/mol. The van der Waals surface area contributed by atoms with E-state index in [1.807, 2.05) is 0 Å². The summed E-state index contributed by atoms with van der Waals surface area (Å²) in [5, 5.41) is 13.6. The van der Waals surface area contributed by atoms with Gasteiger partial charge in [0.1, 0.15) is 18.6 Å². The number of benzene rings is 1. The van der Waals surface area contributed by atoms with E-state index in [0.717, 1.165) is 12.1 Å². The van der Waals surface area contributed by atoms with Crippen molar-refractivity contribution in [3.63, 3.8) is 0 Å². The number of nitriles is 1. The van der Waals surface area contributed by atoms with E-state index in [9.17, 15) is 17.6 Å². The van der Waals surface area contributed by atoms with Gasteiger partial charge in [0.05, 0.1) is 35.8 Å². The van der Waals surface area contributed by atoms with Crippen LogP contribution in [0.1, 0.15) is 5.56 Å². The van der Waals surface area contributed by atoms with Crippen LogP contribution in [0.5, 0.6) is 0 Å². The van der Waals surface area contributed by atoms with Crippen LogP contribution in [0, 0.1) is 53.7 Å². The predicted octanol–water partition coefficient (Wildman–Crippen LogP) is 2.46. The number of rotatable bonds is 2. The molecule has 8 nitrogen and oxygen atoms in total. The molecule has 0 radical (unpaired) electrons. The van der Waals surface area contributed by atoms with Crippen molar-refractivity contribution in [3.8, 4) is 17.5 Å². The summed E-state index contributed by atoms with van der Waals surface area (Å²) >= 11 is 0. The van der Waals surface area contributed by atoms with Gasteiger partial charge in [0.15, 0.2) is 0 Å². The summed E-state index contributed by atoms with van der Waals surface area (Å²) in [7, 11) is 1.73. The molecule has 1 aromatic carbocycles. The molecule has 3 aromatic rings. The molecule has 13 heteroatoms. The van der Waals surface area contributed by atoms with Gasteiger partial charge >= 0.3 is 20.1 Å². The van der Waals surface area contributed by atoms with Gasteiger partial charge in [-0.25, -0.2) is 4.98 Å². The fourth-order valence-electron chi connectivity index (χ4n) is 2.15. The molecule has 0 N–H and O–H groups in total. The van der Waals surface area contributed by atoms with Gasteiger partial charge in [-0.2, -0.15) is 16.4 Å². The molecule has 158 valence electrons. The van der Waals surface area contributed by atoms with Crippen molar-refractivity contribution in [3.05, 3.63) is 72.7 Å². The maximum absolute atomic E-state index is 13.6. The van der Waals surface area contributed by atoms with Gasteiger partial charge in [0.2, 0.25) is 0 Å². The van der Waals surface area contributed by atoms with E-state index in [-0.39, 0.29) is 37.2 Å². The monoisotopic (exact) mass is 606 g/mol. The van der Waals surface area contributed by atoms with Gasteiger partial charge in [-0.15, -0.1) is 24.9 Å². The van der Waals surface area contributed by atoms with Crippen molar-refractivity contribution in [1.29, 1.82) is 5.26 Å². The quantitative estimate of drug-likeness (QED) is 0.252. The molecule has 0 aliphatic carbocycles. The minimum Gasteiger partial charge on any atom is -0.493 e. The smallest absolute Gasteiger partial charge is 0.493 e. The van der Waals surface area contributed by atoms with Crippen molar-refractivity contribution in [2.24, 2.45) is 5.10 Å². The molecule has 0 unspecified atom stereocenters. The normalized spacial score (nSPS) is 12.0. The first-order valence-corrected chi connectivity index (χ1v) is 7.97. The molecule has 0 spiro atoms. The standard InChI is InChI=1S/C10H3F2N4.C8H6F2N4.Ir/c11-8-2-1-6(9(12)7(8)3-13)10-15-4-14-5-16-10;1-13-4-11-14(5-13)6-2-3-7(9)12-8(6)10;/h2,4-5H;3-5H,1H3;/q-1;-2;+3. The summed E-state index contributed by atoms with van der Waals surface area (Å²) in [5.74, 6) is -3.81. The van der Waals surface area contributed by atoms with E-state index in [4.69, 9.17) is 5.26 Å². The minimum atomic E-state index is -1.02. The average Bonchev–Trinajstić information content (AvgIpc) is 3.15. The van der Waals surface area contributed by atoms with Crippen LogP contribution in [-0.4, -0.2) is 38.2 Å². The summed E-state index contributed by atoms with van der Waals surface area (Å²) in [6, 6.07) is 8.02. The van der Waals surface area contributed by atoms with Crippen LogP contribution in [0.25, 0.3) is 11.4 Å². The first-order valence-electron chi connectivity index (χ1n) is 7.97. The Morgan fingerprint density at radius 2 is 1.81 bits per heavy atom. The molecule has 4 rings (SSSR count). The summed E-state index contributed by atoms with van der Waals surface area (Å²) in [6.45, 7) is 1.52. The first kappa shape index (κ1) is 23.8. The van der Waals surface area contributed by atoms with Gasteiger partial charge in [0, 0.05) is 5.56 Å². The van der Waals surface area contributed by atoms with Crippen molar-refractivity contribution in [1.82, 2.24) is 24.8 Å². The van der Waals surface area contributed by atoms with Crippen LogP contribution < -0.4 is 5.01 Å². The maximum Gasteiger partial charge on any atom is 3.00 e. The van der Waals surface area contributed by atoms with E-state index >= 15 is 0 Å². The van der Waals surface area contributed by atoms with E-state index in [2.05, 4.69) is 37.2 Å². The summed E-state index contributed by atoms with van der Waals surface area (Å²) < 4.78 is 52.2. The Balaban J connectivity index is 0.000000215. The molecule has 31 heavy (non-hydrogen) atoms. The molecule has 3 heterocycles. The van der Waals surface area contributed by atoms with Gasteiger partial charge < -0.3 is 14.9 Å². The van der Waals surface area contributed by atoms with Crippen LogP contribution in [0.2, 0.25) is 0 Å². The van der Waals surface area contributed by atoms with Crippen LogP contribution >= 0.6 is 0 Å². The molecule has 0 saturated heterocycles. The molecule has 0 saturated carbocycles. The van der Waals surface area contributed by atoms with Crippen LogP contribution in [-0.2, 0) is 20.1 Å². The van der Waals surface area contributed by atoms with Crippen LogP contribution in [0.4, 0.5) is 23.2 Å². The van der Waals surface area contributed by atoms with E-state index in [1.54, 1.807) is 11.9 Å². The third-order valence-electron chi connectivity index (χ3n) is 3.46. The number of hydrogen-bond acceptors (Lipinski definition) is 8. The maximum atomic E-state index is 13.6. The number of hydrogen-bond donors (Lipinski definition) is 0. The summed E-state index contributed by atoms with van der Waals surface area (Å²) in [5.41, 5.74) is -0.832. The molecule has 1 aliphatic rings. The van der Waals surface area contributed by atoms with E-state index < -0.39 is 29.1 Å². The van der Waals surface area contributed by atoms with Crippen molar-refractivity contribution in [2.75, 3.05) is 12.1 Å². The molecule has 0 fully saturated rings. The Bertz CT molecular complexity index is 1120. The molecule has 2 aromatic heterocycles. The Kier molecular flexibility index (Phi) is 8.07. The second kappa shape index (κ2) is 10.5. The Labute approximate surface area is 187 Å². The van der Waals surface area contributed by atoms with Crippen molar-refractivity contribution in [2.45, 2.75) is 0 Å². The SMILES string of the molecule is CN1C=NN(c2[c-]cc(F)nc2F)[CH-]1.N#Cc1c(F)c[c-]c(-c2ncncn2)c1F.[Ir+3]. The zero-order valence-electron chi connectivity index (χ0n) is 15.4. The van der Waals surface area contributed by atoms with Gasteiger partial charge in [-0.1, -0.05) is 5.56 Å². The zero-order chi connectivity index (χ0) is 21.7. The number of anilines is 1. The number of nitrogens with zero attached hydrogens (tertiary/aromatic N) is 8. The predicted molar refractivity (Wildman–Crippen MR) is 94.8 cm³/mol. The largest absolute Gasteiger partial charge is 3.00 e. The van der Waals surface area contributed by atoms with Gasteiger partial charge in [-0.05, 0) is 12.7 Å². The molecular weight excluding hydrogens is 596 g/mol. The fourth-order valence-corrected chi connectivity index (χ4v) is 2.15. The summed E-state index contributed by atoms with van der Waals surface area (Å²) in [4.78, 5) is 15.6. The number of halogens is 4. The summed E-state index contributed by atoms with van der Waals surface area (Å²) in [6.07, 6.45) is 3.83. The van der Waals surface area contributed by atoms with Crippen LogP contribution in [0.3, 0.4) is 0 Å².